The molecule has 0 aliphatic heterocycles. The number of hydrogen-bond donors (Lipinski definition) is 2. The number of carbonyl (C=O) groups is 2. The van der Waals surface area contributed by atoms with Gasteiger partial charge >= 0.3 is 5.69 Å². The van der Waals surface area contributed by atoms with Gasteiger partial charge in [0.25, 0.3) is 5.91 Å². The Morgan fingerprint density at radius 1 is 1.32 bits per heavy atom. The fourth-order valence-corrected chi connectivity index (χ4v) is 4.97. The second kappa shape index (κ2) is 8.09. The molecule has 2 heterocycles. The normalized spacial score (nSPS) is 13.2. The quantitative estimate of drug-likeness (QED) is 0.540. The molecule has 0 atom stereocenters. The number of amides is 2. The molecule has 0 aromatic carbocycles. The highest BCUT2D eigenvalue weighted by Gasteiger charge is 2.25. The summed E-state index contributed by atoms with van der Waals surface area (Å²) < 4.78 is 1.55. The Balaban J connectivity index is 1.63. The van der Waals surface area contributed by atoms with Crippen molar-refractivity contribution in [2.24, 2.45) is 5.73 Å². The number of nitrogens with two attached hydrogens (primary N) is 1. The lowest BCUT2D eigenvalue weighted by molar-refractivity contribution is -0.386. The van der Waals surface area contributed by atoms with Gasteiger partial charge in [0.05, 0.1) is 10.5 Å². The summed E-state index contributed by atoms with van der Waals surface area (Å²) in [6, 6.07) is 0. The molecular formula is C18H23N5O4S. The van der Waals surface area contributed by atoms with Gasteiger partial charge in [-0.15, -0.1) is 11.3 Å². The molecule has 1 aliphatic carbocycles. The van der Waals surface area contributed by atoms with Crippen LogP contribution in [0.5, 0.6) is 0 Å². The van der Waals surface area contributed by atoms with Gasteiger partial charge in [0.2, 0.25) is 5.91 Å². The van der Waals surface area contributed by atoms with E-state index in [2.05, 4.69) is 10.4 Å². The predicted molar refractivity (Wildman–Crippen MR) is 106 cm³/mol. The standard InChI is InChI=1S/C18H23N5O4S/c1-10-16(23(26)27)11(2)22(21-10)9-5-8-14(24)20-18-15(17(19)25)12-6-3-4-7-13(12)28-18/h3-9H2,1-2H3,(H2,19,25)(H,20,24). The van der Waals surface area contributed by atoms with Crippen LogP contribution in [0, 0.1) is 24.0 Å². The zero-order valence-corrected chi connectivity index (χ0v) is 16.7. The summed E-state index contributed by atoms with van der Waals surface area (Å²) in [7, 11) is 0. The summed E-state index contributed by atoms with van der Waals surface area (Å²) in [6.45, 7) is 3.64. The van der Waals surface area contributed by atoms with Crippen molar-refractivity contribution in [1.29, 1.82) is 0 Å². The first-order valence-electron chi connectivity index (χ1n) is 9.22. The lowest BCUT2D eigenvalue weighted by Gasteiger charge is -2.11. The van der Waals surface area contributed by atoms with Crippen molar-refractivity contribution < 1.29 is 14.5 Å². The number of nitrogens with one attached hydrogen (secondary N) is 1. The molecule has 3 N–H and O–H groups in total. The van der Waals surface area contributed by atoms with Gasteiger partial charge in [0, 0.05) is 17.8 Å². The maximum absolute atomic E-state index is 12.4. The van der Waals surface area contributed by atoms with Gasteiger partial charge in [-0.2, -0.15) is 5.10 Å². The summed E-state index contributed by atoms with van der Waals surface area (Å²) in [6.07, 6.45) is 4.51. The van der Waals surface area contributed by atoms with Crippen LogP contribution in [0.15, 0.2) is 0 Å². The lowest BCUT2D eigenvalue weighted by Crippen LogP contribution is -2.18. The van der Waals surface area contributed by atoms with Gasteiger partial charge in [-0.1, -0.05) is 0 Å². The maximum atomic E-state index is 12.4. The van der Waals surface area contributed by atoms with E-state index >= 15 is 0 Å². The van der Waals surface area contributed by atoms with E-state index in [1.165, 1.54) is 11.3 Å². The Kier molecular flexibility index (Phi) is 5.78. The minimum absolute atomic E-state index is 0.0136. The van der Waals surface area contributed by atoms with Crippen LogP contribution in [0.2, 0.25) is 0 Å². The van der Waals surface area contributed by atoms with Gasteiger partial charge in [0.15, 0.2) is 0 Å². The number of aromatic nitrogens is 2. The van der Waals surface area contributed by atoms with E-state index in [9.17, 15) is 19.7 Å². The average Bonchev–Trinajstić information content (AvgIpc) is 3.11. The largest absolute Gasteiger partial charge is 0.365 e. The van der Waals surface area contributed by atoms with E-state index in [-0.39, 0.29) is 18.0 Å². The number of thiophene rings is 1. The van der Waals surface area contributed by atoms with E-state index < -0.39 is 10.8 Å². The van der Waals surface area contributed by atoms with Crippen LogP contribution in [0.3, 0.4) is 0 Å². The van der Waals surface area contributed by atoms with Crippen molar-refractivity contribution >= 4 is 33.8 Å². The highest BCUT2D eigenvalue weighted by atomic mass is 32.1. The number of rotatable bonds is 7. The van der Waals surface area contributed by atoms with Crippen molar-refractivity contribution in [3.63, 3.8) is 0 Å². The van der Waals surface area contributed by atoms with Crippen molar-refractivity contribution in [2.75, 3.05) is 5.32 Å². The summed E-state index contributed by atoms with van der Waals surface area (Å²) >= 11 is 1.43. The predicted octanol–water partition coefficient (Wildman–Crippen LogP) is 2.87. The average molecular weight is 405 g/mol. The molecule has 150 valence electrons. The number of primary amides is 1. The van der Waals surface area contributed by atoms with Gasteiger partial charge < -0.3 is 11.1 Å². The molecule has 0 bridgehead atoms. The number of hydrogen-bond acceptors (Lipinski definition) is 6. The zero-order chi connectivity index (χ0) is 20.4. The summed E-state index contributed by atoms with van der Waals surface area (Å²) in [5.41, 5.74) is 7.82. The first-order chi connectivity index (χ1) is 13.3. The first-order valence-corrected chi connectivity index (χ1v) is 10.0. The summed E-state index contributed by atoms with van der Waals surface area (Å²) in [5.74, 6) is -0.721. The van der Waals surface area contributed by atoms with E-state index in [1.807, 2.05) is 0 Å². The molecule has 0 fully saturated rings. The number of carbonyl (C=O) groups excluding carboxylic acids is 2. The Morgan fingerprint density at radius 2 is 2.04 bits per heavy atom. The van der Waals surface area contributed by atoms with Crippen LogP contribution in [0.4, 0.5) is 10.7 Å². The molecule has 3 rings (SSSR count). The smallest absolute Gasteiger partial charge is 0.312 e. The van der Waals surface area contributed by atoms with Gasteiger partial charge in [-0.3, -0.25) is 24.4 Å². The molecule has 2 aromatic heterocycles. The SMILES string of the molecule is Cc1nn(CCCC(=O)Nc2sc3c(c2C(N)=O)CCCC3)c(C)c1[N+](=O)[O-]. The van der Waals surface area contributed by atoms with Crippen LogP contribution < -0.4 is 11.1 Å². The minimum atomic E-state index is -0.510. The van der Waals surface area contributed by atoms with Gasteiger partial charge in [0.1, 0.15) is 16.4 Å². The van der Waals surface area contributed by atoms with Crippen LogP contribution in [-0.2, 0) is 24.2 Å². The third-order valence-electron chi connectivity index (χ3n) is 4.97. The van der Waals surface area contributed by atoms with Crippen LogP contribution >= 0.6 is 11.3 Å². The molecule has 9 nitrogen and oxygen atoms in total. The van der Waals surface area contributed by atoms with E-state index in [4.69, 9.17) is 5.73 Å². The van der Waals surface area contributed by atoms with Crippen LogP contribution in [-0.4, -0.2) is 26.5 Å². The van der Waals surface area contributed by atoms with Crippen LogP contribution in [0.25, 0.3) is 0 Å². The molecule has 0 saturated heterocycles. The second-order valence-electron chi connectivity index (χ2n) is 6.93. The van der Waals surface area contributed by atoms with Gasteiger partial charge in [-0.05, 0) is 51.5 Å². The Morgan fingerprint density at radius 3 is 2.68 bits per heavy atom. The highest BCUT2D eigenvalue weighted by Crippen LogP contribution is 2.38. The topological polar surface area (TPSA) is 133 Å². The van der Waals surface area contributed by atoms with E-state index in [0.29, 0.717) is 34.9 Å². The molecule has 0 saturated carbocycles. The molecule has 1 aliphatic rings. The molecular weight excluding hydrogens is 382 g/mol. The number of fused-ring (bicyclic) bond motifs is 1. The minimum Gasteiger partial charge on any atom is -0.365 e. The van der Waals surface area contributed by atoms with Crippen molar-refractivity contribution in [1.82, 2.24) is 9.78 Å². The van der Waals surface area contributed by atoms with Crippen molar-refractivity contribution in [3.8, 4) is 0 Å². The zero-order valence-electron chi connectivity index (χ0n) is 15.9. The molecule has 0 unspecified atom stereocenters. The molecule has 0 spiro atoms. The maximum Gasteiger partial charge on any atom is 0.312 e. The summed E-state index contributed by atoms with van der Waals surface area (Å²) in [4.78, 5) is 36.0. The van der Waals surface area contributed by atoms with Crippen LogP contribution in [0.1, 0.15) is 57.9 Å². The summed E-state index contributed by atoms with van der Waals surface area (Å²) in [5, 5.41) is 18.6. The highest BCUT2D eigenvalue weighted by molar-refractivity contribution is 7.17. The molecule has 2 aromatic rings. The number of anilines is 1. The van der Waals surface area contributed by atoms with Crippen molar-refractivity contribution in [2.45, 2.75) is 58.9 Å². The third kappa shape index (κ3) is 3.91. The van der Waals surface area contributed by atoms with Crippen molar-refractivity contribution in [3.05, 3.63) is 37.5 Å². The lowest BCUT2D eigenvalue weighted by atomic mass is 9.95. The second-order valence-corrected chi connectivity index (χ2v) is 8.04. The Hall–Kier alpha value is -2.75. The number of aryl methyl sites for hydroxylation is 3. The fourth-order valence-electron chi connectivity index (χ4n) is 3.66. The fraction of sp³-hybridized carbons (Fsp3) is 0.500. The van der Waals surface area contributed by atoms with Gasteiger partial charge in [-0.25, -0.2) is 0 Å². The van der Waals surface area contributed by atoms with E-state index in [0.717, 1.165) is 36.1 Å². The monoisotopic (exact) mass is 405 g/mol. The molecule has 28 heavy (non-hydrogen) atoms. The number of nitro groups is 1. The Labute approximate surface area is 166 Å². The third-order valence-corrected chi connectivity index (χ3v) is 6.18. The molecule has 0 radical (unpaired) electrons. The molecule has 10 heteroatoms. The molecule has 2 amide bonds. The van der Waals surface area contributed by atoms with E-state index in [1.54, 1.807) is 18.5 Å². The first kappa shape index (κ1) is 20.0. The Bertz CT molecular complexity index is 946. The number of nitrogens with zero attached hydrogens (tertiary/aromatic N) is 3.